The van der Waals surface area contributed by atoms with Gasteiger partial charge in [0.2, 0.25) is 6.54 Å². The van der Waals surface area contributed by atoms with Crippen LogP contribution >= 0.6 is 18.2 Å². The van der Waals surface area contributed by atoms with E-state index in [9.17, 15) is 33.3 Å². The Bertz CT molecular complexity index is 1830. The Hall–Kier alpha value is -3.59. The maximum absolute atomic E-state index is 14.2. The Morgan fingerprint density at radius 1 is 0.979 bits per heavy atom. The van der Waals surface area contributed by atoms with Crippen molar-refractivity contribution in [2.45, 2.75) is 96.7 Å². The molecule has 0 aliphatic carbocycles. The van der Waals surface area contributed by atoms with Gasteiger partial charge in [0.25, 0.3) is 11.1 Å². The van der Waals surface area contributed by atoms with Crippen LogP contribution in [-0.2, 0) is 37.4 Å². The fourth-order valence-corrected chi connectivity index (χ4v) is 8.53. The molecule has 2 fully saturated rings. The predicted molar refractivity (Wildman–Crippen MR) is 172 cm³/mol. The number of nitrogens with zero attached hydrogens (tertiary/aromatic N) is 3. The summed E-state index contributed by atoms with van der Waals surface area (Å²) < 4.78 is 46.3. The van der Waals surface area contributed by atoms with Gasteiger partial charge in [-0.15, -0.1) is 0 Å². The number of ketones is 1. The molecule has 0 spiro atoms. The fourth-order valence-electron chi connectivity index (χ4n) is 5.22. The van der Waals surface area contributed by atoms with Crippen LogP contribution in [0.15, 0.2) is 31.6 Å². The number of H-pyrrole nitrogens is 2. The van der Waals surface area contributed by atoms with Gasteiger partial charge in [-0.3, -0.25) is 42.5 Å². The molecule has 262 valence electrons. The van der Waals surface area contributed by atoms with Crippen molar-refractivity contribution in [1.29, 1.82) is 0 Å². The first kappa shape index (κ1) is 37.2. The number of rotatable bonds is 15. The minimum Gasteiger partial charge on any atom is -0.459 e. The van der Waals surface area contributed by atoms with Crippen LogP contribution in [0, 0.1) is 20.4 Å². The van der Waals surface area contributed by atoms with Gasteiger partial charge in [-0.25, -0.2) is 20.7 Å². The molecule has 2 aromatic heterocycles. The van der Waals surface area contributed by atoms with Crippen molar-refractivity contribution >= 4 is 29.9 Å². The van der Waals surface area contributed by atoms with Gasteiger partial charge < -0.3 is 23.9 Å². The average molecular weight is 712 g/mol. The number of aromatic amines is 2. The van der Waals surface area contributed by atoms with E-state index in [1.807, 2.05) is 6.92 Å². The normalized spacial score (nSPS) is 25.0. The highest BCUT2D eigenvalue weighted by atomic mass is 32.7. The largest absolute Gasteiger partial charge is 0.459 e. The van der Waals surface area contributed by atoms with E-state index >= 15 is 0 Å². The number of carbonyl (C=O) groups excluding carboxylic acids is 2. The van der Waals surface area contributed by atoms with Crippen LogP contribution in [0.3, 0.4) is 0 Å². The first-order valence-corrected chi connectivity index (χ1v) is 18.4. The molecule has 4 heterocycles. The number of aryl methyl sites for hydroxylation is 2. The third-order valence-corrected chi connectivity index (χ3v) is 11.5. The molecule has 48 heavy (non-hydrogen) atoms. The molecule has 2 saturated heterocycles. The summed E-state index contributed by atoms with van der Waals surface area (Å²) in [4.78, 5) is 80.7. The lowest BCUT2D eigenvalue weighted by atomic mass is 10.1. The SMILES string of the molecule is [C-]#[N+]CCSP(=O)(OC[C@H]1O[C@@H](n2cc(C)c(=O)[nH]c2=O)C[C@H]1OC(=O)CCC(C)=O)O[C@@H]1C[C@H](n2cc(C)c(=O)[nH]c2=O)O[C@@H]1CC. The second kappa shape index (κ2) is 16.2. The zero-order chi connectivity index (χ0) is 35.2. The lowest BCUT2D eigenvalue weighted by Crippen LogP contribution is -2.33. The fraction of sp³-hybridized carbons (Fsp3) is 0.621. The second-order valence-corrected chi connectivity index (χ2v) is 15.6. The lowest BCUT2D eigenvalue weighted by Gasteiger charge is -2.25. The molecule has 19 heteroatoms. The molecule has 17 nitrogen and oxygen atoms in total. The molecule has 0 bridgehead atoms. The quantitative estimate of drug-likeness (QED) is 0.118. The topological polar surface area (TPSA) is 211 Å². The summed E-state index contributed by atoms with van der Waals surface area (Å²) in [6.45, 7) is 8.85. The van der Waals surface area contributed by atoms with Gasteiger partial charge in [0, 0.05) is 42.8 Å². The molecular weight excluding hydrogens is 673 g/mol. The summed E-state index contributed by atoms with van der Waals surface area (Å²) in [6, 6.07) is 0. The summed E-state index contributed by atoms with van der Waals surface area (Å²) in [5.74, 6) is -0.800. The van der Waals surface area contributed by atoms with E-state index in [4.69, 9.17) is 29.8 Å². The van der Waals surface area contributed by atoms with E-state index in [1.54, 1.807) is 6.92 Å². The number of nitrogens with one attached hydrogen (secondary N) is 2. The van der Waals surface area contributed by atoms with Gasteiger partial charge in [0.1, 0.15) is 30.4 Å². The van der Waals surface area contributed by atoms with Gasteiger partial charge >= 0.3 is 24.1 Å². The third-order valence-electron chi connectivity index (χ3n) is 7.75. The first-order chi connectivity index (χ1) is 22.7. The molecular formula is C29H38N5O12PS. The maximum atomic E-state index is 14.2. The second-order valence-electron chi connectivity index (χ2n) is 11.4. The highest BCUT2D eigenvalue weighted by Gasteiger charge is 2.45. The van der Waals surface area contributed by atoms with Crippen molar-refractivity contribution in [2.75, 3.05) is 18.9 Å². The van der Waals surface area contributed by atoms with Crippen molar-refractivity contribution in [2.24, 2.45) is 0 Å². The predicted octanol–water partition coefficient (Wildman–Crippen LogP) is 2.13. The smallest absolute Gasteiger partial charge is 0.389 e. The first-order valence-electron chi connectivity index (χ1n) is 15.3. The molecule has 2 N–H and O–H groups in total. The zero-order valence-corrected chi connectivity index (χ0v) is 28.6. The molecule has 0 saturated carbocycles. The summed E-state index contributed by atoms with van der Waals surface area (Å²) in [6.07, 6.45) is -2.33. The van der Waals surface area contributed by atoms with Crippen LogP contribution < -0.4 is 22.5 Å². The molecule has 0 amide bonds. The third kappa shape index (κ3) is 9.30. The van der Waals surface area contributed by atoms with Crippen LogP contribution in [0.1, 0.15) is 69.5 Å². The van der Waals surface area contributed by atoms with Gasteiger partial charge in [-0.1, -0.05) is 6.92 Å². The molecule has 2 aliphatic heterocycles. The monoisotopic (exact) mass is 711 g/mol. The number of aromatic nitrogens is 4. The standard InChI is InChI=1S/C29H38N5O12PS/c1-6-19-21(12-24(43-19)34-14-17(3)27(38)32-29(34)40)46-47(41,48-10-9-30-5)42-15-22-20(45-25(36)8-7-18(4)35)11-23(44-22)33-13-16(2)26(37)31-28(33)39/h13-14,19-24H,6-12,15H2,1-4H3,(H,31,37,39)(H,32,38,40)/t19-,20-,21-,22-,23-,24-,47?/m1/s1. The molecule has 7 atom stereocenters. The maximum Gasteiger partial charge on any atom is 0.389 e. The number of carbonyl (C=O) groups is 2. The van der Waals surface area contributed by atoms with E-state index in [0.717, 1.165) is 15.9 Å². The number of hydrogen-bond acceptors (Lipinski definition) is 13. The molecule has 1 unspecified atom stereocenters. The molecule has 2 aliphatic rings. The van der Waals surface area contributed by atoms with Crippen molar-refractivity contribution in [3.05, 3.63) is 76.6 Å². The molecule has 0 radical (unpaired) electrons. The number of hydrogen-bond donors (Lipinski definition) is 2. The number of ether oxygens (including phenoxy) is 3. The van der Waals surface area contributed by atoms with E-state index in [1.165, 1.54) is 30.8 Å². The van der Waals surface area contributed by atoms with Gasteiger partial charge in [-0.2, -0.15) is 0 Å². The van der Waals surface area contributed by atoms with Gasteiger partial charge in [0.05, 0.1) is 31.0 Å². The summed E-state index contributed by atoms with van der Waals surface area (Å²) in [5.41, 5.74) is -1.98. The number of Topliss-reactive ketones (excluding diaryl/α,β-unsaturated/α-hetero) is 1. The molecule has 0 aromatic carbocycles. The van der Waals surface area contributed by atoms with Crippen LogP contribution in [-0.4, -0.2) is 74.2 Å². The lowest BCUT2D eigenvalue weighted by molar-refractivity contribution is -0.153. The highest BCUT2D eigenvalue weighted by Crippen LogP contribution is 2.63. The Kier molecular flexibility index (Phi) is 12.6. The van der Waals surface area contributed by atoms with Crippen molar-refractivity contribution in [1.82, 2.24) is 19.1 Å². The van der Waals surface area contributed by atoms with Crippen LogP contribution in [0.5, 0.6) is 0 Å². The van der Waals surface area contributed by atoms with Crippen LogP contribution in [0.25, 0.3) is 4.85 Å². The van der Waals surface area contributed by atoms with Gasteiger partial charge in [0.15, 0.2) is 0 Å². The Balaban J connectivity index is 1.55. The van der Waals surface area contributed by atoms with E-state index in [-0.39, 0.29) is 49.3 Å². The van der Waals surface area contributed by atoms with E-state index in [2.05, 4.69) is 14.8 Å². The van der Waals surface area contributed by atoms with E-state index in [0.29, 0.717) is 12.0 Å². The van der Waals surface area contributed by atoms with Crippen molar-refractivity contribution in [3.8, 4) is 0 Å². The molecule has 4 rings (SSSR count). The zero-order valence-electron chi connectivity index (χ0n) is 26.9. The summed E-state index contributed by atoms with van der Waals surface area (Å²) >= 11 is 0.795. The van der Waals surface area contributed by atoms with Crippen LogP contribution in [0.2, 0.25) is 0 Å². The summed E-state index contributed by atoms with van der Waals surface area (Å²) in [7, 11) is 0. The minimum atomic E-state index is -4.08. The van der Waals surface area contributed by atoms with E-state index < -0.39 is 78.7 Å². The average Bonchev–Trinajstić information content (AvgIpc) is 3.62. The van der Waals surface area contributed by atoms with Crippen molar-refractivity contribution < 1.29 is 37.4 Å². The highest BCUT2D eigenvalue weighted by molar-refractivity contribution is 8.55. The van der Waals surface area contributed by atoms with Crippen molar-refractivity contribution in [3.63, 3.8) is 0 Å². The summed E-state index contributed by atoms with van der Waals surface area (Å²) in [5, 5.41) is 0. The van der Waals surface area contributed by atoms with Crippen LogP contribution in [0.4, 0.5) is 0 Å². The Labute approximate surface area is 278 Å². The Morgan fingerprint density at radius 3 is 2.08 bits per heavy atom. The Morgan fingerprint density at radius 2 is 1.54 bits per heavy atom. The number of esters is 1. The minimum absolute atomic E-state index is 0.0152. The molecule has 2 aromatic rings. The van der Waals surface area contributed by atoms with Gasteiger partial charge in [-0.05, 0) is 38.6 Å².